The van der Waals surface area contributed by atoms with Crippen molar-refractivity contribution in [1.82, 2.24) is 5.32 Å². The molecule has 0 aliphatic carbocycles. The van der Waals surface area contributed by atoms with Crippen LogP contribution in [0, 0.1) is 13.8 Å². The zero-order valence-electron chi connectivity index (χ0n) is 10.5. The third kappa shape index (κ3) is 5.16. The maximum absolute atomic E-state index is 10.8. The number of hydrogen-bond donors (Lipinski definition) is 2. The van der Waals surface area contributed by atoms with Crippen molar-refractivity contribution in [2.75, 3.05) is 12.3 Å². The molecule has 1 rings (SSSR count). The van der Waals surface area contributed by atoms with Crippen LogP contribution in [0.15, 0.2) is 6.07 Å². The lowest BCUT2D eigenvalue weighted by Crippen LogP contribution is -2.24. The Morgan fingerprint density at radius 3 is 2.59 bits per heavy atom. The van der Waals surface area contributed by atoms with Crippen molar-refractivity contribution in [3.63, 3.8) is 0 Å². The van der Waals surface area contributed by atoms with Gasteiger partial charge >= 0.3 is 0 Å². The summed E-state index contributed by atoms with van der Waals surface area (Å²) in [5, 5.41) is 8.25. The van der Waals surface area contributed by atoms with E-state index in [2.05, 4.69) is 32.2 Å². The molecule has 0 aromatic carbocycles. The molecule has 1 aromatic rings. The van der Waals surface area contributed by atoms with E-state index in [4.69, 9.17) is 5.14 Å². The fraction of sp³-hybridized carbons (Fsp3) is 0.636. The highest BCUT2D eigenvalue weighted by Gasteiger charge is 2.10. The molecule has 0 aliphatic heterocycles. The highest BCUT2D eigenvalue weighted by Crippen LogP contribution is 2.25. The summed E-state index contributed by atoms with van der Waals surface area (Å²) in [6, 6.07) is 2.43. The first-order valence-electron chi connectivity index (χ1n) is 5.60. The van der Waals surface area contributed by atoms with E-state index in [0.29, 0.717) is 13.0 Å². The third-order valence-electron chi connectivity index (χ3n) is 2.60. The molecule has 0 amide bonds. The quantitative estimate of drug-likeness (QED) is 0.777. The zero-order valence-corrected chi connectivity index (χ0v) is 12.1. The number of aryl methyl sites for hydroxylation is 2. The molecular formula is C11H20N2O2S2. The van der Waals surface area contributed by atoms with E-state index in [0.717, 1.165) is 0 Å². The lowest BCUT2D eigenvalue weighted by molar-refractivity contribution is 0.560. The Hall–Kier alpha value is -0.430. The maximum Gasteiger partial charge on any atom is 0.209 e. The van der Waals surface area contributed by atoms with E-state index >= 15 is 0 Å². The Morgan fingerprint density at radius 2 is 2.12 bits per heavy atom. The first-order valence-corrected chi connectivity index (χ1v) is 8.13. The van der Waals surface area contributed by atoms with Crippen LogP contribution < -0.4 is 10.5 Å². The number of nitrogens with two attached hydrogens (primary N) is 1. The van der Waals surface area contributed by atoms with Crippen molar-refractivity contribution in [2.24, 2.45) is 5.14 Å². The molecule has 17 heavy (non-hydrogen) atoms. The van der Waals surface area contributed by atoms with Gasteiger partial charge in [0.1, 0.15) is 0 Å². The van der Waals surface area contributed by atoms with Gasteiger partial charge in [0, 0.05) is 15.8 Å². The van der Waals surface area contributed by atoms with Gasteiger partial charge in [-0.25, -0.2) is 13.6 Å². The van der Waals surface area contributed by atoms with Crippen LogP contribution in [-0.2, 0) is 10.0 Å². The standard InChI is InChI=1S/C11H20N2O2S2/c1-8-7-11(10(3)16-8)9(2)13-5-4-6-17(12,14)15/h7,9,13H,4-6H2,1-3H3,(H2,12,14,15). The Balaban J connectivity index is 2.40. The molecule has 98 valence electrons. The van der Waals surface area contributed by atoms with Crippen molar-refractivity contribution >= 4 is 21.4 Å². The van der Waals surface area contributed by atoms with Crippen molar-refractivity contribution in [3.8, 4) is 0 Å². The molecule has 3 N–H and O–H groups in total. The third-order valence-corrected chi connectivity index (χ3v) is 4.44. The Labute approximate surface area is 107 Å². The highest BCUT2D eigenvalue weighted by atomic mass is 32.2. The molecule has 0 radical (unpaired) electrons. The van der Waals surface area contributed by atoms with Crippen LogP contribution in [-0.4, -0.2) is 20.7 Å². The molecule has 1 heterocycles. The van der Waals surface area contributed by atoms with Gasteiger partial charge < -0.3 is 5.32 Å². The first kappa shape index (κ1) is 14.6. The van der Waals surface area contributed by atoms with Crippen LogP contribution in [0.2, 0.25) is 0 Å². The second-order valence-corrected chi connectivity index (χ2v) is 7.46. The van der Waals surface area contributed by atoms with Crippen LogP contribution in [0.5, 0.6) is 0 Å². The second kappa shape index (κ2) is 5.95. The first-order chi connectivity index (χ1) is 7.79. The van der Waals surface area contributed by atoms with Crippen molar-refractivity contribution in [3.05, 3.63) is 21.4 Å². The molecule has 0 aliphatic rings. The topological polar surface area (TPSA) is 72.2 Å². The summed E-state index contributed by atoms with van der Waals surface area (Å²) >= 11 is 1.79. The number of thiophene rings is 1. The minimum Gasteiger partial charge on any atom is -0.310 e. The predicted octanol–water partition coefficient (Wildman–Crippen LogP) is 1.69. The summed E-state index contributed by atoms with van der Waals surface area (Å²) in [6.45, 7) is 6.95. The summed E-state index contributed by atoms with van der Waals surface area (Å²) in [4.78, 5) is 2.62. The molecule has 4 nitrogen and oxygen atoms in total. The zero-order chi connectivity index (χ0) is 13.1. The normalized spacial score (nSPS) is 13.9. The summed E-state index contributed by atoms with van der Waals surface area (Å²) in [5.74, 6) is 0.0361. The SMILES string of the molecule is Cc1cc(C(C)NCCCS(N)(=O)=O)c(C)s1. The second-order valence-electron chi connectivity index (χ2n) is 4.26. The van der Waals surface area contributed by atoms with Crippen molar-refractivity contribution < 1.29 is 8.42 Å². The van der Waals surface area contributed by atoms with Crippen LogP contribution in [0.3, 0.4) is 0 Å². The monoisotopic (exact) mass is 276 g/mol. The van der Waals surface area contributed by atoms with Gasteiger partial charge in [-0.3, -0.25) is 0 Å². The summed E-state index contributed by atoms with van der Waals surface area (Å²) < 4.78 is 21.5. The molecule has 0 fully saturated rings. The minimum absolute atomic E-state index is 0.0361. The number of primary sulfonamides is 1. The molecule has 1 aromatic heterocycles. The van der Waals surface area contributed by atoms with E-state index in [9.17, 15) is 8.42 Å². The largest absolute Gasteiger partial charge is 0.310 e. The van der Waals surface area contributed by atoms with Gasteiger partial charge in [-0.1, -0.05) is 0 Å². The van der Waals surface area contributed by atoms with E-state index in [1.165, 1.54) is 15.3 Å². The van der Waals surface area contributed by atoms with Gasteiger partial charge in [0.2, 0.25) is 10.0 Å². The molecule has 0 bridgehead atoms. The molecule has 1 unspecified atom stereocenters. The van der Waals surface area contributed by atoms with Gasteiger partial charge in [0.25, 0.3) is 0 Å². The molecule has 0 saturated heterocycles. The van der Waals surface area contributed by atoms with Crippen molar-refractivity contribution in [1.29, 1.82) is 0 Å². The average molecular weight is 276 g/mol. The summed E-state index contributed by atoms with van der Waals surface area (Å²) in [5.41, 5.74) is 1.29. The Morgan fingerprint density at radius 1 is 1.47 bits per heavy atom. The van der Waals surface area contributed by atoms with Crippen LogP contribution in [0.25, 0.3) is 0 Å². The summed E-state index contributed by atoms with van der Waals surface area (Å²) in [6.07, 6.45) is 0.547. The number of sulfonamides is 1. The molecular weight excluding hydrogens is 256 g/mol. The fourth-order valence-corrected chi connectivity index (χ4v) is 3.35. The van der Waals surface area contributed by atoms with Crippen LogP contribution >= 0.6 is 11.3 Å². The number of nitrogens with one attached hydrogen (secondary N) is 1. The number of hydrogen-bond acceptors (Lipinski definition) is 4. The van der Waals surface area contributed by atoms with Gasteiger partial charge in [-0.2, -0.15) is 0 Å². The van der Waals surface area contributed by atoms with Gasteiger partial charge in [0.05, 0.1) is 5.75 Å². The van der Waals surface area contributed by atoms with E-state index in [1.807, 2.05) is 0 Å². The average Bonchev–Trinajstić information content (AvgIpc) is 2.51. The summed E-state index contributed by atoms with van der Waals surface area (Å²) in [7, 11) is -3.33. The predicted molar refractivity (Wildman–Crippen MR) is 72.8 cm³/mol. The van der Waals surface area contributed by atoms with E-state index < -0.39 is 10.0 Å². The van der Waals surface area contributed by atoms with Crippen LogP contribution in [0.4, 0.5) is 0 Å². The molecule has 6 heteroatoms. The lowest BCUT2D eigenvalue weighted by atomic mass is 10.1. The smallest absolute Gasteiger partial charge is 0.209 e. The van der Waals surface area contributed by atoms with Crippen LogP contribution in [0.1, 0.15) is 34.7 Å². The Bertz CT molecular complexity index is 466. The van der Waals surface area contributed by atoms with Gasteiger partial charge in [0.15, 0.2) is 0 Å². The van der Waals surface area contributed by atoms with Gasteiger partial charge in [-0.05, 0) is 45.4 Å². The fourth-order valence-electron chi connectivity index (χ4n) is 1.78. The Kier molecular flexibility index (Phi) is 5.12. The van der Waals surface area contributed by atoms with E-state index in [1.54, 1.807) is 11.3 Å². The van der Waals surface area contributed by atoms with Gasteiger partial charge in [-0.15, -0.1) is 11.3 Å². The number of rotatable bonds is 6. The maximum atomic E-state index is 10.8. The molecule has 0 saturated carbocycles. The molecule has 1 atom stereocenters. The molecule has 0 spiro atoms. The van der Waals surface area contributed by atoms with E-state index in [-0.39, 0.29) is 11.8 Å². The van der Waals surface area contributed by atoms with Crippen molar-refractivity contribution in [2.45, 2.75) is 33.2 Å². The highest BCUT2D eigenvalue weighted by molar-refractivity contribution is 7.89. The minimum atomic E-state index is -3.33. The lowest BCUT2D eigenvalue weighted by Gasteiger charge is -2.13.